The lowest BCUT2D eigenvalue weighted by molar-refractivity contribution is -0.136. The minimum Gasteiger partial charge on any atom is -0.480 e. The Morgan fingerprint density at radius 2 is 2.17 bits per heavy atom. The Morgan fingerprint density at radius 3 is 2.78 bits per heavy atom. The van der Waals surface area contributed by atoms with Gasteiger partial charge in [0.2, 0.25) is 0 Å². The minimum atomic E-state index is -1.20. The summed E-state index contributed by atoms with van der Waals surface area (Å²) in [6, 6.07) is 3.75. The van der Waals surface area contributed by atoms with E-state index in [0.717, 1.165) is 0 Å². The van der Waals surface area contributed by atoms with E-state index in [9.17, 15) is 14.0 Å². The van der Waals surface area contributed by atoms with Gasteiger partial charge in [-0.15, -0.1) is 0 Å². The molecule has 1 atom stereocenters. The molecular weight excluding hydrogens is 257 g/mol. The molecule has 18 heavy (non-hydrogen) atoms. The summed E-state index contributed by atoms with van der Waals surface area (Å²) in [5, 5.41) is 7.96. The van der Waals surface area contributed by atoms with E-state index in [-0.39, 0.29) is 10.9 Å². The second-order valence-corrected chi connectivity index (χ2v) is 4.44. The van der Waals surface area contributed by atoms with Crippen molar-refractivity contribution in [1.29, 1.82) is 0 Å². The number of carboxylic acids is 1. The zero-order chi connectivity index (χ0) is 13.4. The summed E-state index contributed by atoms with van der Waals surface area (Å²) in [6.07, 6.45) is 1.37. The number of aryl methyl sites for hydroxylation is 1. The molecule has 0 radical (unpaired) electrons. The van der Waals surface area contributed by atoms with Gasteiger partial charge in [0.25, 0.3) is 0 Å². The number of halogens is 1. The normalized spacial score (nSPS) is 12.6. The van der Waals surface area contributed by atoms with Crippen LogP contribution in [0.5, 0.6) is 0 Å². The number of aromatic nitrogens is 1. The van der Waals surface area contributed by atoms with Gasteiger partial charge < -0.3 is 9.67 Å². The summed E-state index contributed by atoms with van der Waals surface area (Å²) >= 11 is 3.89. The number of fused-ring (bicyclic) bond motifs is 1. The van der Waals surface area contributed by atoms with Gasteiger partial charge in [0.15, 0.2) is 5.43 Å². The number of carbonyl (C=O) groups is 1. The molecule has 4 nitrogen and oxygen atoms in total. The van der Waals surface area contributed by atoms with Crippen molar-refractivity contribution >= 4 is 29.5 Å². The Morgan fingerprint density at radius 1 is 1.50 bits per heavy atom. The van der Waals surface area contributed by atoms with Crippen molar-refractivity contribution in [2.75, 3.05) is 0 Å². The van der Waals surface area contributed by atoms with Crippen LogP contribution in [0.3, 0.4) is 0 Å². The van der Waals surface area contributed by atoms with Crippen LogP contribution in [0.4, 0.5) is 4.39 Å². The van der Waals surface area contributed by atoms with Gasteiger partial charge in [-0.05, 0) is 18.2 Å². The standard InChI is InChI=1S/C12H10FNO3S/c1-14-5-8(11(18)12(16)17)10(15)7-3-2-6(13)4-9(7)14/h2-5,11,18H,1H3,(H,16,17). The van der Waals surface area contributed by atoms with Crippen LogP contribution in [0.1, 0.15) is 10.8 Å². The lowest BCUT2D eigenvalue weighted by atomic mass is 10.1. The largest absolute Gasteiger partial charge is 0.480 e. The molecule has 1 aromatic carbocycles. The van der Waals surface area contributed by atoms with Crippen molar-refractivity contribution in [2.45, 2.75) is 5.25 Å². The van der Waals surface area contributed by atoms with E-state index < -0.39 is 22.5 Å². The van der Waals surface area contributed by atoms with Gasteiger partial charge in [-0.2, -0.15) is 12.6 Å². The highest BCUT2D eigenvalue weighted by Gasteiger charge is 2.20. The number of rotatable bonds is 2. The van der Waals surface area contributed by atoms with Crippen LogP contribution in [0, 0.1) is 5.82 Å². The maximum Gasteiger partial charge on any atom is 0.321 e. The molecule has 2 rings (SSSR count). The van der Waals surface area contributed by atoms with Crippen LogP contribution in [-0.2, 0) is 11.8 Å². The number of aliphatic carboxylic acids is 1. The molecule has 1 heterocycles. The predicted octanol–water partition coefficient (Wildman–Crippen LogP) is 1.73. The van der Waals surface area contributed by atoms with Gasteiger partial charge in [0.05, 0.1) is 5.52 Å². The molecule has 6 heteroatoms. The van der Waals surface area contributed by atoms with Crippen molar-refractivity contribution in [3.63, 3.8) is 0 Å². The molecule has 1 unspecified atom stereocenters. The molecule has 0 saturated heterocycles. The minimum absolute atomic E-state index is 0.0624. The fourth-order valence-corrected chi connectivity index (χ4v) is 1.99. The van der Waals surface area contributed by atoms with E-state index in [4.69, 9.17) is 5.11 Å². The van der Waals surface area contributed by atoms with Gasteiger partial charge in [0.1, 0.15) is 11.1 Å². The highest BCUT2D eigenvalue weighted by Crippen LogP contribution is 2.20. The third kappa shape index (κ3) is 1.99. The molecule has 1 N–H and O–H groups in total. The maximum absolute atomic E-state index is 13.1. The van der Waals surface area contributed by atoms with Crippen molar-refractivity contribution in [1.82, 2.24) is 4.57 Å². The van der Waals surface area contributed by atoms with Gasteiger partial charge in [-0.25, -0.2) is 4.39 Å². The number of nitrogens with zero attached hydrogens (tertiary/aromatic N) is 1. The second kappa shape index (κ2) is 4.45. The molecule has 0 fully saturated rings. The van der Waals surface area contributed by atoms with E-state index in [1.165, 1.54) is 29.0 Å². The van der Waals surface area contributed by atoms with Crippen LogP contribution in [0.15, 0.2) is 29.2 Å². The van der Waals surface area contributed by atoms with E-state index >= 15 is 0 Å². The topological polar surface area (TPSA) is 59.3 Å². The smallest absolute Gasteiger partial charge is 0.321 e. The summed E-state index contributed by atoms with van der Waals surface area (Å²) in [5.74, 6) is -1.65. The highest BCUT2D eigenvalue weighted by atomic mass is 32.1. The van der Waals surface area contributed by atoms with Crippen LogP contribution in [-0.4, -0.2) is 15.6 Å². The van der Waals surface area contributed by atoms with Gasteiger partial charge in [-0.1, -0.05) is 0 Å². The number of carboxylic acid groups (broad SMARTS) is 1. The average molecular weight is 267 g/mol. The number of benzene rings is 1. The van der Waals surface area contributed by atoms with Crippen LogP contribution in [0.2, 0.25) is 0 Å². The molecule has 1 aromatic heterocycles. The van der Waals surface area contributed by atoms with Gasteiger partial charge in [-0.3, -0.25) is 9.59 Å². The zero-order valence-electron chi connectivity index (χ0n) is 9.42. The summed E-state index contributed by atoms with van der Waals surface area (Å²) in [7, 11) is 1.62. The maximum atomic E-state index is 13.1. The monoisotopic (exact) mass is 267 g/mol. The van der Waals surface area contributed by atoms with Crippen LogP contribution >= 0.6 is 12.6 Å². The third-order valence-electron chi connectivity index (χ3n) is 2.71. The van der Waals surface area contributed by atoms with Crippen molar-refractivity contribution < 1.29 is 14.3 Å². The first-order valence-electron chi connectivity index (χ1n) is 5.11. The molecule has 0 saturated carbocycles. The van der Waals surface area contributed by atoms with E-state index in [0.29, 0.717) is 5.52 Å². The fourth-order valence-electron chi connectivity index (χ4n) is 1.81. The summed E-state index contributed by atoms with van der Waals surface area (Å²) < 4.78 is 14.6. The predicted molar refractivity (Wildman–Crippen MR) is 68.5 cm³/mol. The average Bonchev–Trinajstić information content (AvgIpc) is 2.32. The molecule has 0 amide bonds. The van der Waals surface area contributed by atoms with Gasteiger partial charge >= 0.3 is 5.97 Å². The first kappa shape index (κ1) is 12.6. The Balaban J connectivity index is 2.81. The fraction of sp³-hybridized carbons (Fsp3) is 0.167. The molecule has 94 valence electrons. The van der Waals surface area contributed by atoms with Crippen molar-refractivity contribution in [2.24, 2.45) is 7.05 Å². The zero-order valence-corrected chi connectivity index (χ0v) is 10.3. The number of thiol groups is 1. The van der Waals surface area contributed by atoms with Crippen molar-refractivity contribution in [3.05, 3.63) is 46.0 Å². The number of pyridine rings is 1. The third-order valence-corrected chi connectivity index (χ3v) is 3.21. The molecule has 0 spiro atoms. The molecule has 0 aliphatic rings. The Labute approximate surface area is 107 Å². The Kier molecular flexibility index (Phi) is 3.13. The number of hydrogen-bond donors (Lipinski definition) is 2. The van der Waals surface area contributed by atoms with E-state index in [2.05, 4.69) is 12.6 Å². The van der Waals surface area contributed by atoms with Crippen molar-refractivity contribution in [3.8, 4) is 0 Å². The highest BCUT2D eigenvalue weighted by molar-refractivity contribution is 7.81. The molecule has 0 aliphatic carbocycles. The van der Waals surface area contributed by atoms with E-state index in [1.807, 2.05) is 0 Å². The lowest BCUT2D eigenvalue weighted by Gasteiger charge is -2.11. The van der Waals surface area contributed by atoms with Crippen LogP contribution < -0.4 is 5.43 Å². The first-order valence-corrected chi connectivity index (χ1v) is 5.63. The first-order chi connectivity index (χ1) is 8.41. The molecular formula is C12H10FNO3S. The quantitative estimate of drug-likeness (QED) is 0.815. The molecule has 2 aromatic rings. The summed E-state index contributed by atoms with van der Waals surface area (Å²) in [4.78, 5) is 23.0. The summed E-state index contributed by atoms with van der Waals surface area (Å²) in [6.45, 7) is 0. The Hall–Kier alpha value is -1.82. The number of hydrogen-bond acceptors (Lipinski definition) is 3. The SMILES string of the molecule is Cn1cc(C(S)C(=O)O)c(=O)c2ccc(F)cc21. The van der Waals surface area contributed by atoms with Gasteiger partial charge in [0, 0.05) is 24.2 Å². The second-order valence-electron chi connectivity index (χ2n) is 3.93. The van der Waals surface area contributed by atoms with E-state index in [1.54, 1.807) is 7.05 Å². The Bertz CT molecular complexity index is 696. The van der Waals surface area contributed by atoms with Crippen LogP contribution in [0.25, 0.3) is 10.9 Å². The molecule has 0 bridgehead atoms. The summed E-state index contributed by atoms with van der Waals surface area (Å²) in [5.41, 5.74) is 0.0348. The lowest BCUT2D eigenvalue weighted by Crippen LogP contribution is -2.19. The molecule has 0 aliphatic heterocycles.